The first-order chi connectivity index (χ1) is 8.69. The fourth-order valence-corrected chi connectivity index (χ4v) is 1.60. The predicted molar refractivity (Wildman–Crippen MR) is 70.2 cm³/mol. The van der Waals surface area contributed by atoms with Crippen molar-refractivity contribution in [2.45, 2.75) is 20.3 Å². The lowest BCUT2D eigenvalue weighted by atomic mass is 10.2. The Bertz CT molecular complexity index is 522. The second-order valence-electron chi connectivity index (χ2n) is 3.98. The van der Waals surface area contributed by atoms with Crippen molar-refractivity contribution in [3.8, 4) is 17.0 Å². The maximum atomic E-state index is 5.71. The molecular formula is C13H16N4O. The van der Waals surface area contributed by atoms with Crippen LogP contribution in [0, 0.1) is 6.92 Å². The summed E-state index contributed by atoms with van der Waals surface area (Å²) in [4.78, 5) is 12.5. The van der Waals surface area contributed by atoms with Crippen LogP contribution in [0.1, 0.15) is 19.2 Å². The summed E-state index contributed by atoms with van der Waals surface area (Å²) in [5, 5.41) is 0. The van der Waals surface area contributed by atoms with Crippen molar-refractivity contribution in [1.82, 2.24) is 15.0 Å². The number of nitrogens with two attached hydrogens (primary N) is 1. The van der Waals surface area contributed by atoms with Gasteiger partial charge in [-0.25, -0.2) is 9.97 Å². The van der Waals surface area contributed by atoms with Gasteiger partial charge in [0.25, 0.3) is 0 Å². The molecule has 0 aliphatic heterocycles. The van der Waals surface area contributed by atoms with E-state index in [0.29, 0.717) is 18.2 Å². The van der Waals surface area contributed by atoms with E-state index < -0.39 is 0 Å². The number of nitrogens with zero attached hydrogens (tertiary/aromatic N) is 3. The molecule has 2 rings (SSSR count). The molecule has 0 saturated heterocycles. The Labute approximate surface area is 106 Å². The average molecular weight is 244 g/mol. The van der Waals surface area contributed by atoms with Gasteiger partial charge in [-0.2, -0.15) is 0 Å². The predicted octanol–water partition coefficient (Wildman–Crippen LogP) is 2.22. The maximum Gasteiger partial charge on any atom is 0.138 e. The molecule has 0 amide bonds. The zero-order valence-electron chi connectivity index (χ0n) is 10.6. The highest BCUT2D eigenvalue weighted by molar-refractivity contribution is 5.62. The van der Waals surface area contributed by atoms with Crippen LogP contribution < -0.4 is 10.5 Å². The lowest BCUT2D eigenvalue weighted by molar-refractivity contribution is 0.316. The van der Waals surface area contributed by atoms with Crippen LogP contribution in [0.2, 0.25) is 0 Å². The third-order valence-electron chi connectivity index (χ3n) is 2.34. The standard InChI is InChI=1S/C13H16N4O/c1-3-4-18-11-5-10(7-15-8-11)12-6-13(14)17-9(2)16-12/h5-8H,3-4H2,1-2H3,(H2,14,16,17). The molecule has 2 heterocycles. The van der Waals surface area contributed by atoms with Gasteiger partial charge >= 0.3 is 0 Å². The molecule has 0 aliphatic carbocycles. The zero-order valence-corrected chi connectivity index (χ0v) is 10.6. The summed E-state index contributed by atoms with van der Waals surface area (Å²) in [6, 6.07) is 3.64. The van der Waals surface area contributed by atoms with Crippen LogP contribution >= 0.6 is 0 Å². The molecule has 0 atom stereocenters. The SMILES string of the molecule is CCCOc1cncc(-c2cc(N)nc(C)n2)c1. The summed E-state index contributed by atoms with van der Waals surface area (Å²) in [5.74, 6) is 1.84. The minimum atomic E-state index is 0.456. The molecule has 0 bridgehead atoms. The molecule has 94 valence electrons. The number of pyridine rings is 1. The van der Waals surface area contributed by atoms with E-state index in [1.54, 1.807) is 18.5 Å². The fraction of sp³-hybridized carbons (Fsp3) is 0.308. The van der Waals surface area contributed by atoms with Gasteiger partial charge in [-0.1, -0.05) is 6.92 Å². The van der Waals surface area contributed by atoms with Gasteiger partial charge < -0.3 is 10.5 Å². The van der Waals surface area contributed by atoms with Crippen LogP contribution in [0.5, 0.6) is 5.75 Å². The highest BCUT2D eigenvalue weighted by Gasteiger charge is 2.05. The fourth-order valence-electron chi connectivity index (χ4n) is 1.60. The first-order valence-corrected chi connectivity index (χ1v) is 5.88. The van der Waals surface area contributed by atoms with Crippen LogP contribution in [0.4, 0.5) is 5.82 Å². The normalized spacial score (nSPS) is 10.3. The number of aromatic nitrogens is 3. The largest absolute Gasteiger partial charge is 0.492 e. The minimum Gasteiger partial charge on any atom is -0.492 e. The van der Waals surface area contributed by atoms with E-state index >= 15 is 0 Å². The molecule has 5 heteroatoms. The zero-order chi connectivity index (χ0) is 13.0. The molecule has 0 radical (unpaired) electrons. The topological polar surface area (TPSA) is 73.9 Å². The Morgan fingerprint density at radius 3 is 2.78 bits per heavy atom. The monoisotopic (exact) mass is 244 g/mol. The lowest BCUT2D eigenvalue weighted by Crippen LogP contribution is -1.99. The summed E-state index contributed by atoms with van der Waals surface area (Å²) in [5.41, 5.74) is 7.35. The Hall–Kier alpha value is -2.17. The summed E-state index contributed by atoms with van der Waals surface area (Å²) in [7, 11) is 0. The number of hydrogen-bond acceptors (Lipinski definition) is 5. The molecule has 0 aliphatic rings. The van der Waals surface area contributed by atoms with E-state index in [0.717, 1.165) is 23.4 Å². The van der Waals surface area contributed by atoms with Crippen molar-refractivity contribution in [3.63, 3.8) is 0 Å². The van der Waals surface area contributed by atoms with E-state index in [-0.39, 0.29) is 0 Å². The molecule has 2 aromatic heterocycles. The van der Waals surface area contributed by atoms with Crippen LogP contribution in [-0.2, 0) is 0 Å². The molecule has 5 nitrogen and oxygen atoms in total. The van der Waals surface area contributed by atoms with Gasteiger partial charge in [0.05, 0.1) is 18.5 Å². The maximum absolute atomic E-state index is 5.71. The summed E-state index contributed by atoms with van der Waals surface area (Å²) < 4.78 is 5.54. The van der Waals surface area contributed by atoms with Crippen molar-refractivity contribution < 1.29 is 4.74 Å². The number of anilines is 1. The van der Waals surface area contributed by atoms with Gasteiger partial charge in [0.15, 0.2) is 0 Å². The Kier molecular flexibility index (Phi) is 3.72. The number of nitrogen functional groups attached to an aromatic ring is 1. The second-order valence-corrected chi connectivity index (χ2v) is 3.98. The number of aryl methyl sites for hydroxylation is 1. The third kappa shape index (κ3) is 2.94. The molecule has 2 aromatic rings. The van der Waals surface area contributed by atoms with Gasteiger partial charge in [0.1, 0.15) is 17.4 Å². The van der Waals surface area contributed by atoms with Crippen LogP contribution in [-0.4, -0.2) is 21.6 Å². The molecule has 0 spiro atoms. The number of ether oxygens (including phenoxy) is 1. The van der Waals surface area contributed by atoms with Crippen LogP contribution in [0.3, 0.4) is 0 Å². The molecule has 0 saturated carbocycles. The van der Waals surface area contributed by atoms with Crippen LogP contribution in [0.15, 0.2) is 24.5 Å². The van der Waals surface area contributed by atoms with Crippen molar-refractivity contribution >= 4 is 5.82 Å². The first-order valence-electron chi connectivity index (χ1n) is 5.88. The molecule has 18 heavy (non-hydrogen) atoms. The van der Waals surface area contributed by atoms with Gasteiger partial charge in [0, 0.05) is 17.8 Å². The van der Waals surface area contributed by atoms with Crippen molar-refractivity contribution in [2.75, 3.05) is 12.3 Å². The lowest BCUT2D eigenvalue weighted by Gasteiger charge is -2.07. The average Bonchev–Trinajstić information content (AvgIpc) is 2.35. The van der Waals surface area contributed by atoms with Gasteiger partial charge in [0.2, 0.25) is 0 Å². The Balaban J connectivity index is 2.32. The highest BCUT2D eigenvalue weighted by atomic mass is 16.5. The number of rotatable bonds is 4. The van der Waals surface area contributed by atoms with Gasteiger partial charge in [-0.15, -0.1) is 0 Å². The minimum absolute atomic E-state index is 0.456. The molecule has 0 unspecified atom stereocenters. The van der Waals surface area contributed by atoms with E-state index in [2.05, 4.69) is 21.9 Å². The van der Waals surface area contributed by atoms with E-state index in [1.165, 1.54) is 0 Å². The molecule has 0 fully saturated rings. The molecular weight excluding hydrogens is 228 g/mol. The van der Waals surface area contributed by atoms with E-state index in [1.807, 2.05) is 13.0 Å². The van der Waals surface area contributed by atoms with E-state index in [4.69, 9.17) is 10.5 Å². The smallest absolute Gasteiger partial charge is 0.138 e. The molecule has 0 aromatic carbocycles. The Morgan fingerprint density at radius 1 is 1.22 bits per heavy atom. The van der Waals surface area contributed by atoms with Crippen molar-refractivity contribution in [2.24, 2.45) is 0 Å². The first kappa shape index (κ1) is 12.3. The van der Waals surface area contributed by atoms with Gasteiger partial charge in [-0.05, 0) is 19.4 Å². The van der Waals surface area contributed by atoms with Crippen molar-refractivity contribution in [1.29, 1.82) is 0 Å². The summed E-state index contributed by atoms with van der Waals surface area (Å²) in [6.45, 7) is 4.55. The van der Waals surface area contributed by atoms with Crippen LogP contribution in [0.25, 0.3) is 11.3 Å². The highest BCUT2D eigenvalue weighted by Crippen LogP contribution is 2.22. The molecule has 2 N–H and O–H groups in total. The second kappa shape index (κ2) is 5.44. The Morgan fingerprint density at radius 2 is 2.06 bits per heavy atom. The van der Waals surface area contributed by atoms with E-state index in [9.17, 15) is 0 Å². The van der Waals surface area contributed by atoms with Gasteiger partial charge in [-0.3, -0.25) is 4.98 Å². The summed E-state index contributed by atoms with van der Waals surface area (Å²) >= 11 is 0. The quantitative estimate of drug-likeness (QED) is 0.892. The van der Waals surface area contributed by atoms with Crippen molar-refractivity contribution in [3.05, 3.63) is 30.4 Å². The third-order valence-corrected chi connectivity index (χ3v) is 2.34. The summed E-state index contributed by atoms with van der Waals surface area (Å²) in [6.07, 6.45) is 4.39. The number of hydrogen-bond donors (Lipinski definition) is 1.